The number of halogens is 1. The lowest BCUT2D eigenvalue weighted by Gasteiger charge is -2.36. The molecule has 1 heterocycles. The zero-order chi connectivity index (χ0) is 18.6. The van der Waals surface area contributed by atoms with E-state index in [0.29, 0.717) is 48.1 Å². The number of rotatable bonds is 4. The van der Waals surface area contributed by atoms with Crippen LogP contribution in [0.25, 0.3) is 0 Å². The van der Waals surface area contributed by atoms with Crippen molar-refractivity contribution >= 4 is 23.2 Å². The molecule has 1 aliphatic heterocycles. The van der Waals surface area contributed by atoms with E-state index in [9.17, 15) is 10.1 Å². The average Bonchev–Trinajstić information content (AvgIpc) is 2.68. The summed E-state index contributed by atoms with van der Waals surface area (Å²) >= 11 is 6.00. The molecule has 6 heteroatoms. The Morgan fingerprint density at radius 2 is 1.92 bits per heavy atom. The van der Waals surface area contributed by atoms with Crippen molar-refractivity contribution in [1.82, 2.24) is 0 Å². The van der Waals surface area contributed by atoms with Crippen molar-refractivity contribution in [3.8, 4) is 11.8 Å². The van der Waals surface area contributed by atoms with E-state index < -0.39 is 5.41 Å². The van der Waals surface area contributed by atoms with Crippen LogP contribution in [0.15, 0.2) is 42.5 Å². The Hall–Kier alpha value is -2.55. The fraction of sp³-hybridized carbons (Fsp3) is 0.300. The molecule has 0 atom stereocenters. The molecule has 0 aliphatic carbocycles. The van der Waals surface area contributed by atoms with Gasteiger partial charge in [-0.2, -0.15) is 5.26 Å². The van der Waals surface area contributed by atoms with Crippen LogP contribution in [0, 0.1) is 11.3 Å². The van der Waals surface area contributed by atoms with Crippen LogP contribution in [0.3, 0.4) is 0 Å². The zero-order valence-corrected chi connectivity index (χ0v) is 15.2. The minimum atomic E-state index is -0.685. The molecule has 26 heavy (non-hydrogen) atoms. The van der Waals surface area contributed by atoms with E-state index in [1.165, 1.54) is 7.11 Å². The number of anilines is 1. The predicted octanol–water partition coefficient (Wildman–Crippen LogP) is 3.91. The van der Waals surface area contributed by atoms with Crippen molar-refractivity contribution in [3.05, 3.63) is 58.6 Å². The van der Waals surface area contributed by atoms with E-state index >= 15 is 0 Å². The van der Waals surface area contributed by atoms with Gasteiger partial charge < -0.3 is 14.8 Å². The number of hydrogen-bond acceptors (Lipinski definition) is 4. The Balaban J connectivity index is 1.92. The molecule has 0 bridgehead atoms. The number of nitriles is 1. The SMILES string of the molecule is COc1ccc(NC(=O)C2(c3ccc(Cl)cc3)CCOCC2)cc1C#N. The quantitative estimate of drug-likeness (QED) is 0.885. The van der Waals surface area contributed by atoms with Crippen LogP contribution < -0.4 is 10.1 Å². The molecule has 1 amide bonds. The summed E-state index contributed by atoms with van der Waals surface area (Å²) in [4.78, 5) is 13.2. The number of benzene rings is 2. The lowest BCUT2D eigenvalue weighted by molar-refractivity contribution is -0.125. The summed E-state index contributed by atoms with van der Waals surface area (Å²) < 4.78 is 10.6. The number of hydrogen-bond donors (Lipinski definition) is 1. The average molecular weight is 371 g/mol. The molecule has 5 nitrogen and oxygen atoms in total. The molecule has 1 aliphatic rings. The molecule has 0 aromatic heterocycles. The molecular formula is C20H19ClN2O3. The molecule has 0 unspecified atom stereocenters. The minimum Gasteiger partial charge on any atom is -0.495 e. The van der Waals surface area contributed by atoms with Crippen LogP contribution in [-0.2, 0) is 14.9 Å². The maximum absolute atomic E-state index is 13.2. The van der Waals surface area contributed by atoms with E-state index in [1.807, 2.05) is 12.1 Å². The fourth-order valence-corrected chi connectivity index (χ4v) is 3.39. The summed E-state index contributed by atoms with van der Waals surface area (Å²) in [6.07, 6.45) is 1.17. The van der Waals surface area contributed by atoms with Crippen LogP contribution in [0.4, 0.5) is 5.69 Å². The molecule has 0 spiro atoms. The Kier molecular flexibility index (Phi) is 5.46. The predicted molar refractivity (Wildman–Crippen MR) is 99.5 cm³/mol. The summed E-state index contributed by atoms with van der Waals surface area (Å²) in [5, 5.41) is 12.8. The van der Waals surface area contributed by atoms with Gasteiger partial charge in [0.1, 0.15) is 11.8 Å². The van der Waals surface area contributed by atoms with Crippen molar-refractivity contribution < 1.29 is 14.3 Å². The molecule has 3 rings (SSSR count). The lowest BCUT2D eigenvalue weighted by atomic mass is 9.73. The van der Waals surface area contributed by atoms with Crippen LogP contribution >= 0.6 is 11.6 Å². The second-order valence-corrected chi connectivity index (χ2v) is 6.62. The van der Waals surface area contributed by atoms with Gasteiger partial charge in [-0.05, 0) is 48.7 Å². The number of carbonyl (C=O) groups excluding carboxylic acids is 1. The van der Waals surface area contributed by atoms with Crippen LogP contribution in [0.5, 0.6) is 5.75 Å². The van der Waals surface area contributed by atoms with Gasteiger partial charge >= 0.3 is 0 Å². The highest BCUT2D eigenvalue weighted by Gasteiger charge is 2.41. The Morgan fingerprint density at radius 1 is 1.23 bits per heavy atom. The maximum atomic E-state index is 13.2. The molecule has 2 aromatic rings. The minimum absolute atomic E-state index is 0.114. The highest BCUT2D eigenvalue weighted by molar-refractivity contribution is 6.30. The number of amides is 1. The molecule has 1 saturated heterocycles. The Labute approximate surface area is 157 Å². The van der Waals surface area contributed by atoms with E-state index in [4.69, 9.17) is 21.1 Å². The summed E-state index contributed by atoms with van der Waals surface area (Å²) in [7, 11) is 1.51. The highest BCUT2D eigenvalue weighted by Crippen LogP contribution is 2.37. The number of nitrogens with one attached hydrogen (secondary N) is 1. The van der Waals surface area contributed by atoms with Crippen molar-refractivity contribution in [3.63, 3.8) is 0 Å². The molecule has 1 N–H and O–H groups in total. The topological polar surface area (TPSA) is 71.3 Å². The Morgan fingerprint density at radius 3 is 2.54 bits per heavy atom. The second kappa shape index (κ2) is 7.77. The largest absolute Gasteiger partial charge is 0.495 e. The summed E-state index contributed by atoms with van der Waals surface area (Å²) in [6.45, 7) is 1.03. The van der Waals surface area contributed by atoms with Gasteiger partial charge in [-0.3, -0.25) is 4.79 Å². The van der Waals surface area contributed by atoms with E-state index in [-0.39, 0.29) is 5.91 Å². The van der Waals surface area contributed by atoms with Crippen molar-refractivity contribution in [2.24, 2.45) is 0 Å². The van der Waals surface area contributed by atoms with E-state index in [0.717, 1.165) is 5.56 Å². The first-order chi connectivity index (χ1) is 12.6. The van der Waals surface area contributed by atoms with Gasteiger partial charge in [0.25, 0.3) is 0 Å². The van der Waals surface area contributed by atoms with Gasteiger partial charge in [0, 0.05) is 23.9 Å². The van der Waals surface area contributed by atoms with Gasteiger partial charge in [-0.15, -0.1) is 0 Å². The van der Waals surface area contributed by atoms with Gasteiger partial charge in [-0.1, -0.05) is 23.7 Å². The van der Waals surface area contributed by atoms with E-state index in [2.05, 4.69) is 11.4 Å². The Bertz CT molecular complexity index is 837. The number of carbonyl (C=O) groups is 1. The third kappa shape index (κ3) is 3.52. The van der Waals surface area contributed by atoms with Crippen LogP contribution in [0.2, 0.25) is 5.02 Å². The first-order valence-electron chi connectivity index (χ1n) is 8.32. The van der Waals surface area contributed by atoms with Crippen LogP contribution in [0.1, 0.15) is 24.0 Å². The molecule has 2 aromatic carbocycles. The van der Waals surface area contributed by atoms with E-state index in [1.54, 1.807) is 30.3 Å². The first-order valence-corrected chi connectivity index (χ1v) is 8.70. The second-order valence-electron chi connectivity index (χ2n) is 6.18. The third-order valence-electron chi connectivity index (χ3n) is 4.76. The third-order valence-corrected chi connectivity index (χ3v) is 5.01. The monoisotopic (exact) mass is 370 g/mol. The highest BCUT2D eigenvalue weighted by atomic mass is 35.5. The van der Waals surface area contributed by atoms with Crippen LogP contribution in [-0.4, -0.2) is 26.2 Å². The zero-order valence-electron chi connectivity index (χ0n) is 14.4. The summed E-state index contributed by atoms with van der Waals surface area (Å²) in [5.74, 6) is 0.362. The molecular weight excluding hydrogens is 352 g/mol. The van der Waals surface area contributed by atoms with Crippen molar-refractivity contribution in [2.45, 2.75) is 18.3 Å². The van der Waals surface area contributed by atoms with Crippen molar-refractivity contribution in [2.75, 3.05) is 25.6 Å². The summed E-state index contributed by atoms with van der Waals surface area (Å²) in [5.41, 5.74) is 1.16. The smallest absolute Gasteiger partial charge is 0.235 e. The standard InChI is InChI=1S/C20H19ClN2O3/c1-25-18-7-6-17(12-14(18)13-22)23-19(24)20(8-10-26-11-9-20)15-2-4-16(21)5-3-15/h2-7,12H,8-11H2,1H3,(H,23,24). The molecule has 0 radical (unpaired) electrons. The summed E-state index contributed by atoms with van der Waals surface area (Å²) in [6, 6.07) is 14.5. The number of methoxy groups -OCH3 is 1. The first kappa shape index (κ1) is 18.2. The van der Waals surface area contributed by atoms with Gasteiger partial charge in [0.15, 0.2) is 0 Å². The fourth-order valence-electron chi connectivity index (χ4n) is 3.26. The molecule has 1 fully saturated rings. The maximum Gasteiger partial charge on any atom is 0.235 e. The van der Waals surface area contributed by atoms with Gasteiger partial charge in [0.2, 0.25) is 5.91 Å². The lowest BCUT2D eigenvalue weighted by Crippen LogP contribution is -2.44. The van der Waals surface area contributed by atoms with Gasteiger partial charge in [0.05, 0.1) is 18.1 Å². The number of ether oxygens (including phenoxy) is 2. The molecule has 134 valence electrons. The normalized spacial score (nSPS) is 15.7. The number of nitrogens with zero attached hydrogens (tertiary/aromatic N) is 1. The van der Waals surface area contributed by atoms with Crippen molar-refractivity contribution in [1.29, 1.82) is 5.26 Å². The van der Waals surface area contributed by atoms with Gasteiger partial charge in [-0.25, -0.2) is 0 Å². The molecule has 0 saturated carbocycles.